The van der Waals surface area contributed by atoms with Gasteiger partial charge in [0.05, 0.1) is 10.0 Å². The third-order valence-electron chi connectivity index (χ3n) is 2.11. The van der Waals surface area contributed by atoms with Crippen LogP contribution in [0.1, 0.15) is 13.8 Å². The second kappa shape index (κ2) is 5.82. The summed E-state index contributed by atoms with van der Waals surface area (Å²) < 4.78 is 4.23. The van der Waals surface area contributed by atoms with E-state index in [9.17, 15) is 0 Å². The Balaban J connectivity index is 2.18. The van der Waals surface area contributed by atoms with Gasteiger partial charge in [-0.25, -0.2) is 4.98 Å². The maximum atomic E-state index is 6.06. The lowest BCUT2D eigenvalue weighted by Gasteiger charge is -2.03. The van der Waals surface area contributed by atoms with E-state index in [1.54, 1.807) is 6.07 Å². The van der Waals surface area contributed by atoms with E-state index in [0.29, 0.717) is 27.5 Å². The number of hydrogen-bond donors (Lipinski definition) is 1. The smallest absolute Gasteiger partial charge is 0.202 e. The fourth-order valence-corrected chi connectivity index (χ4v) is 2.30. The van der Waals surface area contributed by atoms with Crippen molar-refractivity contribution in [2.24, 2.45) is 5.92 Å². The van der Waals surface area contributed by atoms with E-state index in [0.717, 1.165) is 11.7 Å². The molecule has 2 aromatic rings. The lowest BCUT2D eigenvalue weighted by molar-refractivity contribution is 0.688. The topological polar surface area (TPSA) is 50.7 Å². The van der Waals surface area contributed by atoms with Gasteiger partial charge in [-0.15, -0.1) is 0 Å². The maximum Gasteiger partial charge on any atom is 0.202 e. The van der Waals surface area contributed by atoms with Gasteiger partial charge in [-0.05, 0) is 12.0 Å². The molecule has 1 N–H and O–H groups in total. The molecule has 0 radical (unpaired) electrons. The molecule has 0 bridgehead atoms. The normalized spacial score (nSPS) is 10.9. The summed E-state index contributed by atoms with van der Waals surface area (Å²) in [6.45, 7) is 5.12. The average molecular weight is 303 g/mol. The van der Waals surface area contributed by atoms with E-state index >= 15 is 0 Å². The van der Waals surface area contributed by atoms with Crippen LogP contribution in [0.2, 0.25) is 10.0 Å². The van der Waals surface area contributed by atoms with Crippen LogP contribution in [0.3, 0.4) is 0 Å². The van der Waals surface area contributed by atoms with Crippen LogP contribution >= 0.6 is 34.7 Å². The second-order valence-corrected chi connectivity index (χ2v) is 5.78. The number of anilines is 1. The highest BCUT2D eigenvalue weighted by atomic mass is 35.5. The fraction of sp³-hybridized carbons (Fsp3) is 0.364. The highest BCUT2D eigenvalue weighted by Gasteiger charge is 2.12. The first-order chi connectivity index (χ1) is 8.56. The molecule has 0 aliphatic rings. The third-order valence-corrected chi connectivity index (χ3v) is 3.27. The SMILES string of the molecule is CC(C)CNc1nc(-c2ncc(Cl)cc2Cl)ns1. The van der Waals surface area contributed by atoms with Crippen LogP contribution in [0.15, 0.2) is 12.3 Å². The van der Waals surface area contributed by atoms with Crippen molar-refractivity contribution in [3.05, 3.63) is 22.3 Å². The molecule has 0 saturated carbocycles. The predicted molar refractivity (Wildman–Crippen MR) is 76.5 cm³/mol. The van der Waals surface area contributed by atoms with Gasteiger partial charge in [0.15, 0.2) is 5.82 Å². The summed E-state index contributed by atoms with van der Waals surface area (Å²) in [5.41, 5.74) is 0.551. The summed E-state index contributed by atoms with van der Waals surface area (Å²) in [5, 5.41) is 4.93. The van der Waals surface area contributed by atoms with Crippen molar-refractivity contribution in [2.45, 2.75) is 13.8 Å². The first kappa shape index (κ1) is 13.5. The standard InChI is InChI=1S/C11H12Cl2N4S/c1-6(2)4-15-11-16-10(17-18-11)9-8(13)3-7(12)5-14-9/h3,5-6H,4H2,1-2H3,(H,15,16,17). The average Bonchev–Trinajstić information content (AvgIpc) is 2.75. The molecule has 4 nitrogen and oxygen atoms in total. The number of nitrogens with zero attached hydrogens (tertiary/aromatic N) is 3. The van der Waals surface area contributed by atoms with Crippen LogP contribution < -0.4 is 5.32 Å². The molecule has 0 fully saturated rings. The Morgan fingerprint density at radius 3 is 2.83 bits per heavy atom. The Bertz CT molecular complexity index is 542. The van der Waals surface area contributed by atoms with E-state index < -0.39 is 0 Å². The molecule has 2 heterocycles. The van der Waals surface area contributed by atoms with Gasteiger partial charge in [-0.2, -0.15) is 9.36 Å². The van der Waals surface area contributed by atoms with Gasteiger partial charge in [0.1, 0.15) is 5.69 Å². The van der Waals surface area contributed by atoms with Gasteiger partial charge in [0, 0.05) is 24.3 Å². The number of hydrogen-bond acceptors (Lipinski definition) is 5. The summed E-state index contributed by atoms with van der Waals surface area (Å²) in [6, 6.07) is 1.63. The molecule has 7 heteroatoms. The number of pyridine rings is 1. The second-order valence-electron chi connectivity index (χ2n) is 4.18. The zero-order valence-electron chi connectivity index (χ0n) is 9.94. The quantitative estimate of drug-likeness (QED) is 0.928. The molecule has 0 aromatic carbocycles. The zero-order chi connectivity index (χ0) is 13.1. The van der Waals surface area contributed by atoms with Gasteiger partial charge < -0.3 is 5.32 Å². The Kier molecular flexibility index (Phi) is 4.37. The number of rotatable bonds is 4. The van der Waals surface area contributed by atoms with Crippen molar-refractivity contribution in [1.82, 2.24) is 14.3 Å². The molecular weight excluding hydrogens is 291 g/mol. The summed E-state index contributed by atoms with van der Waals surface area (Å²) in [6.07, 6.45) is 1.53. The Hall–Kier alpha value is -0.910. The molecule has 96 valence electrons. The highest BCUT2D eigenvalue weighted by Crippen LogP contribution is 2.27. The summed E-state index contributed by atoms with van der Waals surface area (Å²) in [5.74, 6) is 1.07. The molecule has 0 amide bonds. The van der Waals surface area contributed by atoms with Gasteiger partial charge in [0.25, 0.3) is 0 Å². The van der Waals surface area contributed by atoms with Crippen molar-refractivity contribution in [1.29, 1.82) is 0 Å². The van der Waals surface area contributed by atoms with Gasteiger partial charge in [-0.1, -0.05) is 37.0 Å². The van der Waals surface area contributed by atoms with Gasteiger partial charge >= 0.3 is 0 Å². The van der Waals surface area contributed by atoms with E-state index in [-0.39, 0.29) is 0 Å². The molecule has 0 spiro atoms. The van der Waals surface area contributed by atoms with Crippen LogP contribution in [0.5, 0.6) is 0 Å². The summed E-state index contributed by atoms with van der Waals surface area (Å²) in [4.78, 5) is 8.50. The Labute approximate surface area is 120 Å². The van der Waals surface area contributed by atoms with Crippen molar-refractivity contribution in [2.75, 3.05) is 11.9 Å². The zero-order valence-corrected chi connectivity index (χ0v) is 12.3. The molecule has 0 aliphatic heterocycles. The summed E-state index contributed by atoms with van der Waals surface area (Å²) >= 11 is 13.2. The Morgan fingerprint density at radius 1 is 1.39 bits per heavy atom. The van der Waals surface area contributed by atoms with Crippen LogP contribution in [-0.4, -0.2) is 20.9 Å². The number of halogens is 2. The molecule has 0 unspecified atom stereocenters. The monoisotopic (exact) mass is 302 g/mol. The molecule has 18 heavy (non-hydrogen) atoms. The number of nitrogens with one attached hydrogen (secondary N) is 1. The van der Waals surface area contributed by atoms with Crippen molar-refractivity contribution < 1.29 is 0 Å². The van der Waals surface area contributed by atoms with Crippen molar-refractivity contribution >= 4 is 39.9 Å². The predicted octanol–water partition coefficient (Wildman–Crippen LogP) is 3.97. The van der Waals surface area contributed by atoms with Crippen LogP contribution in [0.25, 0.3) is 11.5 Å². The summed E-state index contributed by atoms with van der Waals surface area (Å²) in [7, 11) is 0. The lowest BCUT2D eigenvalue weighted by atomic mass is 10.2. The van der Waals surface area contributed by atoms with E-state index in [1.807, 2.05) is 0 Å². The lowest BCUT2D eigenvalue weighted by Crippen LogP contribution is -2.07. The molecule has 2 rings (SSSR count). The molecule has 0 aliphatic carbocycles. The first-order valence-corrected chi connectivity index (χ1v) is 6.98. The minimum atomic E-state index is 0.454. The van der Waals surface area contributed by atoms with Gasteiger partial charge in [0.2, 0.25) is 5.13 Å². The molecule has 0 atom stereocenters. The molecular formula is C11H12Cl2N4S. The highest BCUT2D eigenvalue weighted by molar-refractivity contribution is 7.09. The minimum Gasteiger partial charge on any atom is -0.360 e. The van der Waals surface area contributed by atoms with Gasteiger partial charge in [-0.3, -0.25) is 0 Å². The molecule has 2 aromatic heterocycles. The largest absolute Gasteiger partial charge is 0.360 e. The van der Waals surface area contributed by atoms with Crippen molar-refractivity contribution in [3.8, 4) is 11.5 Å². The van der Waals surface area contributed by atoms with E-state index in [4.69, 9.17) is 23.2 Å². The number of aromatic nitrogens is 3. The van der Waals surface area contributed by atoms with Crippen molar-refractivity contribution in [3.63, 3.8) is 0 Å². The van der Waals surface area contributed by atoms with E-state index in [2.05, 4.69) is 33.5 Å². The Morgan fingerprint density at radius 2 is 2.17 bits per heavy atom. The van der Waals surface area contributed by atoms with E-state index in [1.165, 1.54) is 17.7 Å². The fourth-order valence-electron chi connectivity index (χ4n) is 1.26. The molecule has 0 saturated heterocycles. The first-order valence-electron chi connectivity index (χ1n) is 5.45. The maximum absolute atomic E-state index is 6.06. The minimum absolute atomic E-state index is 0.454. The van der Waals surface area contributed by atoms with Crippen LogP contribution in [0, 0.1) is 5.92 Å². The van der Waals surface area contributed by atoms with Crippen LogP contribution in [0.4, 0.5) is 5.13 Å². The third kappa shape index (κ3) is 3.31. The van der Waals surface area contributed by atoms with Crippen LogP contribution in [-0.2, 0) is 0 Å².